The van der Waals surface area contributed by atoms with Crippen LogP contribution < -0.4 is 0 Å². The largest absolute Gasteiger partial charge is 0.0654 e. The molecule has 0 saturated carbocycles. The highest BCUT2D eigenvalue weighted by Gasteiger charge is 1.92. The van der Waals surface area contributed by atoms with Crippen LogP contribution in [0.2, 0.25) is 0 Å². The molecule has 3 radical (unpaired) electrons. The van der Waals surface area contributed by atoms with Gasteiger partial charge in [-0.2, -0.15) is 0 Å². The van der Waals surface area contributed by atoms with E-state index >= 15 is 0 Å². The second kappa shape index (κ2) is 5.14. The van der Waals surface area contributed by atoms with Gasteiger partial charge in [-0.25, -0.2) is 0 Å². The van der Waals surface area contributed by atoms with Gasteiger partial charge in [0.25, 0.3) is 0 Å². The molecule has 0 heterocycles. The lowest BCUT2D eigenvalue weighted by atomic mass is 10.1. The average molecular weight is 111 g/mol. The van der Waals surface area contributed by atoms with Crippen LogP contribution in [0.15, 0.2) is 0 Å². The summed E-state index contributed by atoms with van der Waals surface area (Å²) in [6.45, 7) is 6.47. The van der Waals surface area contributed by atoms with Crippen LogP contribution in [-0.4, -0.2) is 0 Å². The molecule has 0 heteroatoms. The predicted octanol–water partition coefficient (Wildman–Crippen LogP) is 2.73. The van der Waals surface area contributed by atoms with Gasteiger partial charge in [0, 0.05) is 0 Å². The third kappa shape index (κ3) is 6.00. The lowest BCUT2D eigenvalue weighted by Crippen LogP contribution is -1.87. The van der Waals surface area contributed by atoms with Crippen molar-refractivity contribution >= 4 is 0 Å². The summed E-state index contributed by atoms with van der Waals surface area (Å²) >= 11 is 0. The maximum atomic E-state index is 3.22. The monoisotopic (exact) mass is 111 g/mol. The maximum absolute atomic E-state index is 3.22. The molecule has 0 N–H and O–H groups in total. The Balaban J connectivity index is 2.72. The summed E-state index contributed by atoms with van der Waals surface area (Å²) in [5, 5.41) is 0. The molecular formula is C8H15. The molecule has 0 aliphatic rings. The van der Waals surface area contributed by atoms with Crippen molar-refractivity contribution in [2.45, 2.75) is 33.6 Å². The summed E-state index contributed by atoms with van der Waals surface area (Å²) in [4.78, 5) is 0. The summed E-state index contributed by atoms with van der Waals surface area (Å²) in [7, 11) is 0. The molecule has 8 heavy (non-hydrogen) atoms. The first-order valence-electron chi connectivity index (χ1n) is 3.35. The molecule has 0 rings (SSSR count). The van der Waals surface area contributed by atoms with E-state index in [1.807, 2.05) is 0 Å². The quantitative estimate of drug-likeness (QED) is 0.489. The van der Waals surface area contributed by atoms with Gasteiger partial charge in [-0.05, 0) is 25.2 Å². The van der Waals surface area contributed by atoms with E-state index in [1.165, 1.54) is 12.8 Å². The minimum Gasteiger partial charge on any atom is -0.0654 e. The first kappa shape index (κ1) is 8.00. The van der Waals surface area contributed by atoms with Crippen LogP contribution in [0.1, 0.15) is 33.6 Å². The fourth-order valence-electron chi connectivity index (χ4n) is 0.463. The third-order valence-corrected chi connectivity index (χ3v) is 0.884. The standard InChI is InChI=1S/C8H15/c1-4-5-6-7-8(2)3/h6,8H,4-5H2,1-3H3. The number of unbranched alkanes of at least 4 members (excludes halogenated alkanes) is 2. The van der Waals surface area contributed by atoms with Crippen LogP contribution in [0.3, 0.4) is 0 Å². The molecule has 0 aromatic rings. The first-order valence-corrected chi connectivity index (χ1v) is 3.35. The molecule has 0 aliphatic carbocycles. The predicted molar refractivity (Wildman–Crippen MR) is 37.3 cm³/mol. The van der Waals surface area contributed by atoms with Gasteiger partial charge in [-0.3, -0.25) is 0 Å². The highest BCUT2D eigenvalue weighted by Crippen LogP contribution is 2.04. The van der Waals surface area contributed by atoms with Gasteiger partial charge in [0.2, 0.25) is 0 Å². The summed E-state index contributed by atoms with van der Waals surface area (Å²) in [6.07, 6.45) is 7.77. The van der Waals surface area contributed by atoms with Crippen LogP contribution in [-0.2, 0) is 0 Å². The summed E-state index contributed by atoms with van der Waals surface area (Å²) in [5.41, 5.74) is 0. The van der Waals surface area contributed by atoms with E-state index in [2.05, 4.69) is 33.6 Å². The highest BCUT2D eigenvalue weighted by molar-refractivity contribution is 4.84. The number of rotatable bonds is 4. The van der Waals surface area contributed by atoms with E-state index in [9.17, 15) is 0 Å². The maximum Gasteiger partial charge on any atom is -0.0109 e. The van der Waals surface area contributed by atoms with Crippen molar-refractivity contribution in [1.82, 2.24) is 0 Å². The molecule has 0 fully saturated rings. The SMILES string of the molecule is CCC[CH][C]C(C)C. The van der Waals surface area contributed by atoms with Crippen molar-refractivity contribution < 1.29 is 0 Å². The highest BCUT2D eigenvalue weighted by atomic mass is 14.0. The lowest BCUT2D eigenvalue weighted by molar-refractivity contribution is 0.742. The van der Waals surface area contributed by atoms with Crippen LogP contribution >= 0.6 is 0 Å². The Morgan fingerprint density at radius 1 is 1.50 bits per heavy atom. The van der Waals surface area contributed by atoms with Gasteiger partial charge in [0.15, 0.2) is 0 Å². The Labute approximate surface area is 53.3 Å². The van der Waals surface area contributed by atoms with Crippen molar-refractivity contribution in [2.75, 3.05) is 0 Å². The smallest absolute Gasteiger partial charge is 0.0109 e. The molecular weight excluding hydrogens is 96.1 g/mol. The van der Waals surface area contributed by atoms with Crippen LogP contribution in [0, 0.1) is 18.8 Å². The Morgan fingerprint density at radius 3 is 2.50 bits per heavy atom. The van der Waals surface area contributed by atoms with Gasteiger partial charge in [-0.15, -0.1) is 0 Å². The van der Waals surface area contributed by atoms with Crippen molar-refractivity contribution in [1.29, 1.82) is 0 Å². The molecule has 47 valence electrons. The topological polar surface area (TPSA) is 0 Å². The zero-order chi connectivity index (χ0) is 6.41. The van der Waals surface area contributed by atoms with E-state index in [-0.39, 0.29) is 0 Å². The fourth-order valence-corrected chi connectivity index (χ4v) is 0.463. The Kier molecular flexibility index (Phi) is 5.14. The molecule has 0 bridgehead atoms. The summed E-state index contributed by atoms with van der Waals surface area (Å²) < 4.78 is 0. The first-order chi connectivity index (χ1) is 3.77. The molecule has 0 spiro atoms. The van der Waals surface area contributed by atoms with E-state index in [4.69, 9.17) is 0 Å². The van der Waals surface area contributed by atoms with E-state index in [0.717, 1.165) is 0 Å². The number of hydrogen-bond acceptors (Lipinski definition) is 0. The van der Waals surface area contributed by atoms with Crippen LogP contribution in [0.25, 0.3) is 0 Å². The van der Waals surface area contributed by atoms with Gasteiger partial charge < -0.3 is 0 Å². The van der Waals surface area contributed by atoms with Crippen molar-refractivity contribution in [3.63, 3.8) is 0 Å². The molecule has 0 aliphatic heterocycles. The van der Waals surface area contributed by atoms with E-state index in [0.29, 0.717) is 5.92 Å². The zero-order valence-electron chi connectivity index (χ0n) is 6.07. The van der Waals surface area contributed by atoms with Gasteiger partial charge in [0.05, 0.1) is 0 Å². The van der Waals surface area contributed by atoms with Gasteiger partial charge in [-0.1, -0.05) is 27.2 Å². The molecule has 0 saturated heterocycles. The number of hydrogen-bond donors (Lipinski definition) is 0. The Hall–Kier alpha value is 0. The van der Waals surface area contributed by atoms with Crippen molar-refractivity contribution in [2.24, 2.45) is 5.92 Å². The Bertz CT molecular complexity index is 37.3. The fraction of sp³-hybridized carbons (Fsp3) is 0.750. The lowest BCUT2D eigenvalue weighted by Gasteiger charge is -1.99. The Morgan fingerprint density at radius 2 is 2.12 bits per heavy atom. The third-order valence-electron chi connectivity index (χ3n) is 0.884. The summed E-state index contributed by atoms with van der Waals surface area (Å²) in [6, 6.07) is 0. The second-order valence-corrected chi connectivity index (χ2v) is 2.31. The van der Waals surface area contributed by atoms with E-state index < -0.39 is 0 Å². The normalized spacial score (nSPS) is 10.5. The molecule has 0 amide bonds. The average Bonchev–Trinajstić information content (AvgIpc) is 1.66. The molecule has 0 nitrogen and oxygen atoms in total. The molecule has 0 aromatic heterocycles. The van der Waals surface area contributed by atoms with Crippen LogP contribution in [0.4, 0.5) is 0 Å². The molecule has 0 unspecified atom stereocenters. The van der Waals surface area contributed by atoms with E-state index in [1.54, 1.807) is 0 Å². The van der Waals surface area contributed by atoms with Gasteiger partial charge >= 0.3 is 0 Å². The molecule has 0 atom stereocenters. The van der Waals surface area contributed by atoms with Crippen molar-refractivity contribution in [3.8, 4) is 0 Å². The van der Waals surface area contributed by atoms with Crippen molar-refractivity contribution in [3.05, 3.63) is 12.8 Å². The van der Waals surface area contributed by atoms with Gasteiger partial charge in [0.1, 0.15) is 0 Å². The molecule has 0 aromatic carbocycles. The zero-order valence-corrected chi connectivity index (χ0v) is 6.07. The second-order valence-electron chi connectivity index (χ2n) is 2.31. The van der Waals surface area contributed by atoms with Crippen LogP contribution in [0.5, 0.6) is 0 Å². The summed E-state index contributed by atoms with van der Waals surface area (Å²) in [5.74, 6) is 0.599. The minimum absolute atomic E-state index is 0.599. The minimum atomic E-state index is 0.599.